The Morgan fingerprint density at radius 2 is 2.05 bits per heavy atom. The first-order valence-corrected chi connectivity index (χ1v) is 7.11. The topological polar surface area (TPSA) is 44.8 Å². The molecule has 0 aromatic rings. The van der Waals surface area contributed by atoms with Crippen LogP contribution < -0.4 is 0 Å². The highest BCUT2D eigenvalue weighted by molar-refractivity contribution is 5.66. The number of ether oxygens (including phenoxy) is 3. The number of methoxy groups -OCH3 is 1. The Morgan fingerprint density at radius 3 is 2.58 bits per heavy atom. The molecule has 2 aliphatic rings. The van der Waals surface area contributed by atoms with Gasteiger partial charge >= 0.3 is 0 Å². The fraction of sp³-hybridized carbons (Fsp3) is 0.933. The van der Waals surface area contributed by atoms with Crippen LogP contribution in [-0.4, -0.2) is 37.0 Å². The summed E-state index contributed by atoms with van der Waals surface area (Å²) in [6, 6.07) is 0. The molecule has 2 rings (SSSR count). The van der Waals surface area contributed by atoms with Crippen molar-refractivity contribution in [3.63, 3.8) is 0 Å². The normalized spacial score (nSPS) is 43.0. The second kappa shape index (κ2) is 4.83. The molecular weight excluding hydrogens is 244 g/mol. The Morgan fingerprint density at radius 1 is 1.37 bits per heavy atom. The lowest BCUT2D eigenvalue weighted by atomic mass is 9.62. The zero-order valence-electron chi connectivity index (χ0n) is 12.7. The Kier molecular flexibility index (Phi) is 3.80. The molecule has 1 saturated carbocycles. The lowest BCUT2D eigenvalue weighted by Gasteiger charge is -2.48. The van der Waals surface area contributed by atoms with Crippen molar-refractivity contribution < 1.29 is 19.0 Å². The largest absolute Gasteiger partial charge is 0.372 e. The first-order valence-electron chi connectivity index (χ1n) is 7.11. The van der Waals surface area contributed by atoms with Gasteiger partial charge in [0.2, 0.25) is 0 Å². The molecule has 4 nitrogen and oxygen atoms in total. The van der Waals surface area contributed by atoms with Gasteiger partial charge < -0.3 is 19.0 Å². The Bertz CT molecular complexity index is 349. The van der Waals surface area contributed by atoms with E-state index in [1.165, 1.54) is 0 Å². The van der Waals surface area contributed by atoms with Crippen LogP contribution in [-0.2, 0) is 19.0 Å². The van der Waals surface area contributed by atoms with Crippen LogP contribution in [0.15, 0.2) is 0 Å². The Labute approximate surface area is 115 Å². The smallest absolute Gasteiger partial charge is 0.159 e. The van der Waals surface area contributed by atoms with Gasteiger partial charge in [-0.2, -0.15) is 0 Å². The van der Waals surface area contributed by atoms with E-state index in [0.29, 0.717) is 6.42 Å². The van der Waals surface area contributed by atoms with E-state index in [1.807, 2.05) is 0 Å². The molecule has 110 valence electrons. The molecule has 0 spiro atoms. The number of aldehydes is 1. The minimum atomic E-state index is -0.748. The van der Waals surface area contributed by atoms with Gasteiger partial charge in [-0.3, -0.25) is 0 Å². The molecule has 0 bridgehead atoms. The number of carbonyl (C=O) groups excluding carboxylic acids is 1. The average molecular weight is 270 g/mol. The summed E-state index contributed by atoms with van der Waals surface area (Å²) in [7, 11) is 1.63. The maximum absolute atomic E-state index is 11.7. The van der Waals surface area contributed by atoms with Crippen molar-refractivity contribution in [3.8, 4) is 0 Å². The number of carbonyl (C=O) groups is 1. The van der Waals surface area contributed by atoms with Gasteiger partial charge in [0.1, 0.15) is 5.60 Å². The molecule has 0 amide bonds. The second-order valence-corrected chi connectivity index (χ2v) is 7.02. The molecule has 4 atom stereocenters. The molecule has 2 fully saturated rings. The van der Waals surface area contributed by atoms with Crippen molar-refractivity contribution in [2.75, 3.05) is 7.11 Å². The van der Waals surface area contributed by atoms with Gasteiger partial charge in [-0.15, -0.1) is 0 Å². The third-order valence-corrected chi connectivity index (χ3v) is 4.57. The summed E-state index contributed by atoms with van der Waals surface area (Å²) < 4.78 is 17.5. The molecule has 19 heavy (non-hydrogen) atoms. The first kappa shape index (κ1) is 14.9. The Hall–Kier alpha value is -0.450. The van der Waals surface area contributed by atoms with Gasteiger partial charge in [0.15, 0.2) is 12.6 Å². The highest BCUT2D eigenvalue weighted by atomic mass is 16.7. The summed E-state index contributed by atoms with van der Waals surface area (Å²) in [4.78, 5) is 11.7. The highest BCUT2D eigenvalue weighted by Crippen LogP contribution is 2.55. The molecule has 1 heterocycles. The van der Waals surface area contributed by atoms with Gasteiger partial charge in [0, 0.05) is 18.9 Å². The fourth-order valence-electron chi connectivity index (χ4n) is 3.52. The summed E-state index contributed by atoms with van der Waals surface area (Å²) >= 11 is 0. The molecule has 0 N–H and O–H groups in total. The molecule has 0 aromatic carbocycles. The van der Waals surface area contributed by atoms with Crippen LogP contribution in [0.1, 0.15) is 53.4 Å². The molecule has 4 heteroatoms. The summed E-state index contributed by atoms with van der Waals surface area (Å²) in [5.74, 6) is 0. The Balaban J connectivity index is 2.30. The zero-order chi connectivity index (χ0) is 14.3. The van der Waals surface area contributed by atoms with Gasteiger partial charge in [0.05, 0.1) is 11.7 Å². The lowest BCUT2D eigenvalue weighted by Crippen LogP contribution is -2.56. The molecule has 1 aliphatic carbocycles. The van der Waals surface area contributed by atoms with Crippen LogP contribution in [0.5, 0.6) is 0 Å². The van der Waals surface area contributed by atoms with Gasteiger partial charge in [0.25, 0.3) is 0 Å². The highest BCUT2D eigenvalue weighted by Gasteiger charge is 2.63. The SMILES string of the molecule is CO[C@H]1C[C@]2(C)[C@@H](OC(C)(C)C)CCC[C@]2(C=O)O1. The van der Waals surface area contributed by atoms with Crippen molar-refractivity contribution in [1.29, 1.82) is 0 Å². The van der Waals surface area contributed by atoms with Gasteiger partial charge in [-0.25, -0.2) is 0 Å². The van der Waals surface area contributed by atoms with E-state index >= 15 is 0 Å². The minimum Gasteiger partial charge on any atom is -0.372 e. The fourth-order valence-corrected chi connectivity index (χ4v) is 3.52. The summed E-state index contributed by atoms with van der Waals surface area (Å²) in [5.41, 5.74) is -1.27. The molecule has 0 radical (unpaired) electrons. The standard InChI is InChI=1S/C15H26O4/c1-13(2,3)18-11-7-6-8-15(10-16)14(11,4)9-12(17-5)19-15/h10-12H,6-9H2,1-5H3/t11-,12+,14+,15+/m0/s1. The predicted molar refractivity (Wildman–Crippen MR) is 71.9 cm³/mol. The van der Waals surface area contributed by atoms with Crippen LogP contribution in [0.3, 0.4) is 0 Å². The summed E-state index contributed by atoms with van der Waals surface area (Å²) in [5, 5.41) is 0. The van der Waals surface area contributed by atoms with Crippen molar-refractivity contribution in [3.05, 3.63) is 0 Å². The number of rotatable bonds is 3. The maximum Gasteiger partial charge on any atom is 0.159 e. The van der Waals surface area contributed by atoms with Crippen molar-refractivity contribution in [1.82, 2.24) is 0 Å². The monoisotopic (exact) mass is 270 g/mol. The molecular formula is C15H26O4. The van der Waals surface area contributed by atoms with E-state index in [9.17, 15) is 4.79 Å². The summed E-state index contributed by atoms with van der Waals surface area (Å²) in [6.45, 7) is 8.27. The van der Waals surface area contributed by atoms with Crippen molar-refractivity contribution in [2.24, 2.45) is 5.41 Å². The van der Waals surface area contributed by atoms with Gasteiger partial charge in [-0.05, 0) is 40.0 Å². The van der Waals surface area contributed by atoms with E-state index in [4.69, 9.17) is 14.2 Å². The van der Waals surface area contributed by atoms with Gasteiger partial charge in [-0.1, -0.05) is 6.92 Å². The lowest BCUT2D eigenvalue weighted by molar-refractivity contribution is -0.203. The molecule has 1 aliphatic heterocycles. The average Bonchev–Trinajstić information content (AvgIpc) is 2.62. The van der Waals surface area contributed by atoms with Crippen LogP contribution in [0.2, 0.25) is 0 Å². The van der Waals surface area contributed by atoms with Crippen molar-refractivity contribution in [2.45, 2.75) is 77.0 Å². The third-order valence-electron chi connectivity index (χ3n) is 4.57. The summed E-state index contributed by atoms with van der Waals surface area (Å²) in [6.07, 6.45) is 4.10. The van der Waals surface area contributed by atoms with E-state index in [2.05, 4.69) is 27.7 Å². The van der Waals surface area contributed by atoms with Crippen LogP contribution in [0.25, 0.3) is 0 Å². The van der Waals surface area contributed by atoms with Crippen LogP contribution >= 0.6 is 0 Å². The number of hydrogen-bond acceptors (Lipinski definition) is 4. The predicted octanol–water partition coefficient (Wildman–Crippen LogP) is 2.69. The first-order chi connectivity index (χ1) is 8.76. The number of hydrogen-bond donors (Lipinski definition) is 0. The minimum absolute atomic E-state index is 0.0339. The zero-order valence-corrected chi connectivity index (χ0v) is 12.7. The molecule has 0 aromatic heterocycles. The molecule has 0 unspecified atom stereocenters. The maximum atomic E-state index is 11.7. The van der Waals surface area contributed by atoms with E-state index in [0.717, 1.165) is 25.5 Å². The van der Waals surface area contributed by atoms with E-state index in [-0.39, 0.29) is 23.4 Å². The third kappa shape index (κ3) is 2.46. The number of fused-ring (bicyclic) bond motifs is 1. The van der Waals surface area contributed by atoms with Crippen molar-refractivity contribution >= 4 is 6.29 Å². The van der Waals surface area contributed by atoms with Crippen LogP contribution in [0, 0.1) is 5.41 Å². The van der Waals surface area contributed by atoms with Crippen LogP contribution in [0.4, 0.5) is 0 Å². The van der Waals surface area contributed by atoms with E-state index < -0.39 is 5.60 Å². The quantitative estimate of drug-likeness (QED) is 0.740. The van der Waals surface area contributed by atoms with E-state index in [1.54, 1.807) is 7.11 Å². The second-order valence-electron chi connectivity index (χ2n) is 7.02. The molecule has 1 saturated heterocycles.